The summed E-state index contributed by atoms with van der Waals surface area (Å²) >= 11 is 6.08. The lowest BCUT2D eigenvalue weighted by Crippen LogP contribution is -2.35. The molecular weight excluding hydrogens is 398 g/mol. The Morgan fingerprint density at radius 2 is 1.82 bits per heavy atom. The zero-order valence-corrected chi connectivity index (χ0v) is 17.3. The van der Waals surface area contributed by atoms with Crippen molar-refractivity contribution in [2.45, 2.75) is 31.1 Å². The van der Waals surface area contributed by atoms with Crippen molar-refractivity contribution < 1.29 is 13.2 Å². The summed E-state index contributed by atoms with van der Waals surface area (Å²) in [6, 6.07) is 11.8. The van der Waals surface area contributed by atoms with E-state index in [2.05, 4.69) is 10.6 Å². The number of anilines is 2. The fraction of sp³-hybridized carbons (Fsp3) is 0.350. The van der Waals surface area contributed by atoms with E-state index < -0.39 is 10.0 Å². The van der Waals surface area contributed by atoms with E-state index in [1.807, 2.05) is 19.1 Å². The van der Waals surface area contributed by atoms with Crippen LogP contribution < -0.4 is 10.6 Å². The van der Waals surface area contributed by atoms with Gasteiger partial charge in [-0.05, 0) is 55.7 Å². The number of carbonyl (C=O) groups excluding carboxylic acids is 1. The van der Waals surface area contributed by atoms with Crippen LogP contribution in [-0.4, -0.2) is 38.3 Å². The molecule has 8 heteroatoms. The fourth-order valence-electron chi connectivity index (χ4n) is 3.17. The number of rotatable bonds is 6. The van der Waals surface area contributed by atoms with Crippen LogP contribution in [0.3, 0.4) is 0 Å². The van der Waals surface area contributed by atoms with E-state index in [0.29, 0.717) is 23.8 Å². The minimum atomic E-state index is -3.53. The second kappa shape index (κ2) is 8.94. The summed E-state index contributed by atoms with van der Waals surface area (Å²) in [5, 5.41) is 6.42. The molecule has 1 fully saturated rings. The monoisotopic (exact) mass is 421 g/mol. The topological polar surface area (TPSA) is 78.5 Å². The Morgan fingerprint density at radius 1 is 1.11 bits per heavy atom. The Kier molecular flexibility index (Phi) is 6.59. The van der Waals surface area contributed by atoms with Crippen LogP contribution in [0, 0.1) is 6.92 Å². The molecule has 0 bridgehead atoms. The average Bonchev–Trinajstić information content (AvgIpc) is 2.70. The lowest BCUT2D eigenvalue weighted by atomic mass is 10.2. The number of benzene rings is 2. The maximum Gasteiger partial charge on any atom is 0.243 e. The van der Waals surface area contributed by atoms with E-state index in [1.165, 1.54) is 10.4 Å². The first-order valence-electron chi connectivity index (χ1n) is 9.27. The van der Waals surface area contributed by atoms with Gasteiger partial charge in [0.2, 0.25) is 15.9 Å². The van der Waals surface area contributed by atoms with Gasteiger partial charge in [-0.1, -0.05) is 30.2 Å². The minimum absolute atomic E-state index is 0.0459. The molecule has 3 rings (SSSR count). The number of nitrogens with one attached hydrogen (secondary N) is 2. The second-order valence-electron chi connectivity index (χ2n) is 6.81. The fourth-order valence-corrected chi connectivity index (χ4v) is 4.91. The van der Waals surface area contributed by atoms with Crippen molar-refractivity contribution in [1.29, 1.82) is 0 Å². The van der Waals surface area contributed by atoms with Crippen LogP contribution >= 0.6 is 11.6 Å². The molecule has 1 aliphatic heterocycles. The summed E-state index contributed by atoms with van der Waals surface area (Å²) in [5.74, 6) is -0.271. The van der Waals surface area contributed by atoms with Gasteiger partial charge in [0, 0.05) is 29.5 Å². The molecule has 28 heavy (non-hydrogen) atoms. The van der Waals surface area contributed by atoms with Crippen molar-refractivity contribution >= 4 is 38.9 Å². The number of piperidine rings is 1. The number of nitrogens with zero attached hydrogens (tertiary/aromatic N) is 1. The van der Waals surface area contributed by atoms with Crippen molar-refractivity contribution in [2.24, 2.45) is 0 Å². The zero-order valence-electron chi connectivity index (χ0n) is 15.7. The van der Waals surface area contributed by atoms with Gasteiger partial charge in [-0.3, -0.25) is 4.79 Å². The maximum atomic E-state index is 12.8. The standard InChI is InChI=1S/C20H24ClN3O3S/c1-15-18(21)9-6-10-19(15)22-14-20(25)23-16-7-5-8-17(13-16)28(26,27)24-11-3-2-4-12-24/h5-10,13,22H,2-4,11-12,14H2,1H3,(H,23,25). The van der Waals surface area contributed by atoms with Crippen LogP contribution in [0.5, 0.6) is 0 Å². The van der Waals surface area contributed by atoms with Gasteiger partial charge in [-0.25, -0.2) is 8.42 Å². The quantitative estimate of drug-likeness (QED) is 0.742. The van der Waals surface area contributed by atoms with Gasteiger partial charge < -0.3 is 10.6 Å². The molecule has 0 radical (unpaired) electrons. The highest BCUT2D eigenvalue weighted by Crippen LogP contribution is 2.24. The normalized spacial score (nSPS) is 15.2. The third-order valence-electron chi connectivity index (χ3n) is 4.78. The Balaban J connectivity index is 1.65. The third-order valence-corrected chi connectivity index (χ3v) is 7.08. The number of amides is 1. The third kappa shape index (κ3) is 4.84. The van der Waals surface area contributed by atoms with Gasteiger partial charge in [-0.2, -0.15) is 4.31 Å². The van der Waals surface area contributed by atoms with Gasteiger partial charge in [-0.15, -0.1) is 0 Å². The molecule has 0 spiro atoms. The number of hydrogen-bond donors (Lipinski definition) is 2. The van der Waals surface area contributed by atoms with E-state index in [0.717, 1.165) is 30.5 Å². The number of halogens is 1. The molecule has 0 aliphatic carbocycles. The molecule has 1 amide bonds. The van der Waals surface area contributed by atoms with Gasteiger partial charge in [0.15, 0.2) is 0 Å². The molecule has 0 saturated carbocycles. The van der Waals surface area contributed by atoms with Crippen molar-refractivity contribution in [1.82, 2.24) is 4.31 Å². The predicted octanol–water partition coefficient (Wildman–Crippen LogP) is 3.87. The van der Waals surface area contributed by atoms with Gasteiger partial charge in [0.05, 0.1) is 11.4 Å². The Labute approximate surface area is 170 Å². The average molecular weight is 422 g/mol. The highest BCUT2D eigenvalue weighted by molar-refractivity contribution is 7.89. The van der Waals surface area contributed by atoms with Crippen LogP contribution in [0.4, 0.5) is 11.4 Å². The number of carbonyl (C=O) groups is 1. The maximum absolute atomic E-state index is 12.8. The number of sulfonamides is 1. The van der Waals surface area contributed by atoms with Crippen LogP contribution in [0.25, 0.3) is 0 Å². The molecule has 0 atom stereocenters. The summed E-state index contributed by atoms with van der Waals surface area (Å²) in [5.41, 5.74) is 2.10. The number of hydrogen-bond acceptors (Lipinski definition) is 4. The highest BCUT2D eigenvalue weighted by atomic mass is 35.5. The molecule has 1 aliphatic rings. The van der Waals surface area contributed by atoms with Gasteiger partial charge in [0.1, 0.15) is 0 Å². The second-order valence-corrected chi connectivity index (χ2v) is 9.15. The molecule has 2 N–H and O–H groups in total. The summed E-state index contributed by atoms with van der Waals surface area (Å²) in [6.07, 6.45) is 2.82. The van der Waals surface area contributed by atoms with Crippen LogP contribution in [0.15, 0.2) is 47.4 Å². The van der Waals surface area contributed by atoms with E-state index in [1.54, 1.807) is 24.3 Å². The van der Waals surface area contributed by atoms with Crippen LogP contribution in [0.2, 0.25) is 5.02 Å². The summed E-state index contributed by atoms with van der Waals surface area (Å²) in [6.45, 7) is 3.01. The first kappa shape index (κ1) is 20.6. The summed E-state index contributed by atoms with van der Waals surface area (Å²) < 4.78 is 27.1. The molecule has 150 valence electrons. The van der Waals surface area contributed by atoms with E-state index in [9.17, 15) is 13.2 Å². The lowest BCUT2D eigenvalue weighted by Gasteiger charge is -2.26. The zero-order chi connectivity index (χ0) is 20.1. The van der Waals surface area contributed by atoms with Gasteiger partial charge >= 0.3 is 0 Å². The molecule has 6 nitrogen and oxygen atoms in total. The van der Waals surface area contributed by atoms with Crippen molar-refractivity contribution in [3.63, 3.8) is 0 Å². The molecular formula is C20H24ClN3O3S. The minimum Gasteiger partial charge on any atom is -0.376 e. The molecule has 0 aromatic heterocycles. The SMILES string of the molecule is Cc1c(Cl)cccc1NCC(=O)Nc1cccc(S(=O)(=O)N2CCCCC2)c1. The first-order valence-corrected chi connectivity index (χ1v) is 11.1. The van der Waals surface area contributed by atoms with E-state index in [4.69, 9.17) is 11.6 Å². The molecule has 0 unspecified atom stereocenters. The largest absolute Gasteiger partial charge is 0.376 e. The molecule has 1 heterocycles. The van der Waals surface area contributed by atoms with Crippen LogP contribution in [-0.2, 0) is 14.8 Å². The molecule has 2 aromatic carbocycles. The summed E-state index contributed by atoms with van der Waals surface area (Å²) in [7, 11) is -3.53. The van der Waals surface area contributed by atoms with Crippen molar-refractivity contribution in [3.05, 3.63) is 53.1 Å². The lowest BCUT2D eigenvalue weighted by molar-refractivity contribution is -0.114. The predicted molar refractivity (Wildman–Crippen MR) is 112 cm³/mol. The molecule has 1 saturated heterocycles. The molecule has 2 aromatic rings. The van der Waals surface area contributed by atoms with Crippen LogP contribution in [0.1, 0.15) is 24.8 Å². The Bertz CT molecular complexity index is 957. The van der Waals surface area contributed by atoms with Crippen molar-refractivity contribution in [2.75, 3.05) is 30.3 Å². The van der Waals surface area contributed by atoms with E-state index >= 15 is 0 Å². The van der Waals surface area contributed by atoms with Crippen molar-refractivity contribution in [3.8, 4) is 0 Å². The smallest absolute Gasteiger partial charge is 0.243 e. The highest BCUT2D eigenvalue weighted by Gasteiger charge is 2.26. The Morgan fingerprint density at radius 3 is 2.57 bits per heavy atom. The van der Waals surface area contributed by atoms with E-state index in [-0.39, 0.29) is 17.3 Å². The first-order chi connectivity index (χ1) is 13.4. The summed E-state index contributed by atoms with van der Waals surface area (Å²) in [4.78, 5) is 12.5. The Hall–Kier alpha value is -2.09. The van der Waals surface area contributed by atoms with Gasteiger partial charge in [0.25, 0.3) is 0 Å².